The minimum Gasteiger partial charge on any atom is -0.385 e. The minimum absolute atomic E-state index is 0.342. The molecule has 0 spiro atoms. The molecule has 1 saturated heterocycles. The summed E-state index contributed by atoms with van der Waals surface area (Å²) in [6.45, 7) is 5.27. The van der Waals surface area contributed by atoms with Crippen LogP contribution in [0.1, 0.15) is 32.6 Å². The molecule has 1 saturated carbocycles. The highest BCUT2D eigenvalue weighted by Crippen LogP contribution is 2.51. The van der Waals surface area contributed by atoms with Gasteiger partial charge in [-0.1, -0.05) is 6.92 Å². The summed E-state index contributed by atoms with van der Waals surface area (Å²) in [6.07, 6.45) is 5.58. The zero-order valence-corrected chi connectivity index (χ0v) is 11.5. The molecule has 2 rings (SSSR count). The second-order valence-corrected chi connectivity index (χ2v) is 5.82. The van der Waals surface area contributed by atoms with Crippen LogP contribution in [0.25, 0.3) is 0 Å². The normalized spacial score (nSPS) is 35.1. The van der Waals surface area contributed by atoms with Crippen LogP contribution < -0.4 is 5.32 Å². The highest BCUT2D eigenvalue weighted by molar-refractivity contribution is 5.02. The predicted octanol–water partition coefficient (Wildman–Crippen LogP) is 2.06. The Balaban J connectivity index is 2.06. The molecule has 17 heavy (non-hydrogen) atoms. The standard InChI is InChI=1S/C14H27NO2/c1-11(6-8-16-3)14(10-15-2)7-9-17-13(14)12-4-5-12/h11-13,15H,4-10H2,1-3H3. The second kappa shape index (κ2) is 5.68. The third kappa shape index (κ3) is 2.67. The summed E-state index contributed by atoms with van der Waals surface area (Å²) >= 11 is 0. The number of hydrogen-bond acceptors (Lipinski definition) is 3. The first kappa shape index (κ1) is 13.3. The van der Waals surface area contributed by atoms with E-state index >= 15 is 0 Å². The lowest BCUT2D eigenvalue weighted by Gasteiger charge is -2.40. The summed E-state index contributed by atoms with van der Waals surface area (Å²) in [5.74, 6) is 1.50. The van der Waals surface area contributed by atoms with Crippen molar-refractivity contribution in [3.63, 3.8) is 0 Å². The third-order valence-corrected chi connectivity index (χ3v) is 4.72. The van der Waals surface area contributed by atoms with Gasteiger partial charge in [-0.2, -0.15) is 0 Å². The fourth-order valence-corrected chi connectivity index (χ4v) is 3.49. The van der Waals surface area contributed by atoms with Gasteiger partial charge in [0.15, 0.2) is 0 Å². The first-order chi connectivity index (χ1) is 8.24. The largest absolute Gasteiger partial charge is 0.385 e. The van der Waals surface area contributed by atoms with Crippen molar-refractivity contribution >= 4 is 0 Å². The molecule has 100 valence electrons. The lowest BCUT2D eigenvalue weighted by molar-refractivity contribution is -0.00327. The lowest BCUT2D eigenvalue weighted by Crippen LogP contribution is -2.46. The van der Waals surface area contributed by atoms with Gasteiger partial charge in [-0.15, -0.1) is 0 Å². The van der Waals surface area contributed by atoms with Crippen molar-refractivity contribution in [2.45, 2.75) is 38.7 Å². The molecule has 1 aliphatic heterocycles. The van der Waals surface area contributed by atoms with Crippen molar-refractivity contribution in [3.8, 4) is 0 Å². The second-order valence-electron chi connectivity index (χ2n) is 5.82. The summed E-state index contributed by atoms with van der Waals surface area (Å²) in [7, 11) is 3.86. The first-order valence-electron chi connectivity index (χ1n) is 6.99. The van der Waals surface area contributed by atoms with Crippen molar-refractivity contribution in [3.05, 3.63) is 0 Å². The van der Waals surface area contributed by atoms with Gasteiger partial charge in [-0.3, -0.25) is 0 Å². The van der Waals surface area contributed by atoms with Crippen LogP contribution in [0.5, 0.6) is 0 Å². The van der Waals surface area contributed by atoms with E-state index < -0.39 is 0 Å². The van der Waals surface area contributed by atoms with E-state index in [1.807, 2.05) is 0 Å². The zero-order chi connectivity index (χ0) is 12.3. The summed E-state index contributed by atoms with van der Waals surface area (Å²) in [6, 6.07) is 0. The molecule has 0 aromatic carbocycles. The maximum absolute atomic E-state index is 6.07. The number of ether oxygens (including phenoxy) is 2. The van der Waals surface area contributed by atoms with Gasteiger partial charge in [0.25, 0.3) is 0 Å². The molecule has 3 nitrogen and oxygen atoms in total. The van der Waals surface area contributed by atoms with E-state index in [0.29, 0.717) is 17.4 Å². The summed E-state index contributed by atoms with van der Waals surface area (Å²) < 4.78 is 11.3. The van der Waals surface area contributed by atoms with Crippen molar-refractivity contribution < 1.29 is 9.47 Å². The molecule has 0 aromatic rings. The summed E-state index contributed by atoms with van der Waals surface area (Å²) in [4.78, 5) is 0. The Labute approximate surface area is 105 Å². The van der Waals surface area contributed by atoms with E-state index in [1.165, 1.54) is 19.3 Å². The Hall–Kier alpha value is -0.120. The molecule has 0 amide bonds. The molecular weight excluding hydrogens is 214 g/mol. The fourth-order valence-electron chi connectivity index (χ4n) is 3.49. The Morgan fingerprint density at radius 3 is 2.82 bits per heavy atom. The number of nitrogens with one attached hydrogen (secondary N) is 1. The average Bonchev–Trinajstić information content (AvgIpc) is 3.08. The maximum atomic E-state index is 6.07. The van der Waals surface area contributed by atoms with Gasteiger partial charge < -0.3 is 14.8 Å². The fraction of sp³-hybridized carbons (Fsp3) is 1.00. The Kier molecular flexibility index (Phi) is 4.45. The van der Waals surface area contributed by atoms with Crippen LogP contribution in [0.3, 0.4) is 0 Å². The van der Waals surface area contributed by atoms with Crippen molar-refractivity contribution in [2.75, 3.05) is 33.9 Å². The number of hydrogen-bond donors (Lipinski definition) is 1. The molecule has 1 aliphatic carbocycles. The molecule has 0 bridgehead atoms. The van der Waals surface area contributed by atoms with Crippen LogP contribution in [-0.2, 0) is 9.47 Å². The van der Waals surface area contributed by atoms with Gasteiger partial charge in [-0.05, 0) is 44.6 Å². The van der Waals surface area contributed by atoms with Crippen molar-refractivity contribution in [2.24, 2.45) is 17.3 Å². The molecule has 3 atom stereocenters. The van der Waals surface area contributed by atoms with E-state index in [4.69, 9.17) is 9.47 Å². The molecule has 2 fully saturated rings. The van der Waals surface area contributed by atoms with E-state index in [-0.39, 0.29) is 0 Å². The molecule has 3 unspecified atom stereocenters. The Morgan fingerprint density at radius 1 is 1.47 bits per heavy atom. The van der Waals surface area contributed by atoms with Crippen LogP contribution in [-0.4, -0.2) is 40.0 Å². The number of methoxy groups -OCH3 is 1. The van der Waals surface area contributed by atoms with Gasteiger partial charge in [0.05, 0.1) is 6.10 Å². The highest BCUT2D eigenvalue weighted by atomic mass is 16.5. The molecule has 2 aliphatic rings. The van der Waals surface area contributed by atoms with Crippen LogP contribution in [0.4, 0.5) is 0 Å². The molecule has 0 aromatic heterocycles. The van der Waals surface area contributed by atoms with Crippen molar-refractivity contribution in [1.82, 2.24) is 5.32 Å². The lowest BCUT2D eigenvalue weighted by atomic mass is 9.68. The summed E-state index contributed by atoms with van der Waals surface area (Å²) in [5.41, 5.74) is 0.342. The van der Waals surface area contributed by atoms with Crippen LogP contribution in [0.15, 0.2) is 0 Å². The van der Waals surface area contributed by atoms with Gasteiger partial charge in [0.1, 0.15) is 0 Å². The summed E-state index contributed by atoms with van der Waals surface area (Å²) in [5, 5.41) is 3.40. The molecule has 0 radical (unpaired) electrons. The van der Waals surface area contributed by atoms with E-state index in [1.54, 1.807) is 7.11 Å². The average molecular weight is 241 g/mol. The minimum atomic E-state index is 0.342. The molecule has 1 N–H and O–H groups in total. The Bertz CT molecular complexity index is 242. The maximum Gasteiger partial charge on any atom is 0.0674 e. The topological polar surface area (TPSA) is 30.5 Å². The van der Waals surface area contributed by atoms with Gasteiger partial charge in [0.2, 0.25) is 0 Å². The van der Waals surface area contributed by atoms with Crippen LogP contribution >= 0.6 is 0 Å². The monoisotopic (exact) mass is 241 g/mol. The Morgan fingerprint density at radius 2 is 2.24 bits per heavy atom. The first-order valence-corrected chi connectivity index (χ1v) is 6.99. The van der Waals surface area contributed by atoms with Crippen molar-refractivity contribution in [1.29, 1.82) is 0 Å². The van der Waals surface area contributed by atoms with Gasteiger partial charge in [-0.25, -0.2) is 0 Å². The smallest absolute Gasteiger partial charge is 0.0674 e. The third-order valence-electron chi connectivity index (χ3n) is 4.72. The van der Waals surface area contributed by atoms with Crippen LogP contribution in [0.2, 0.25) is 0 Å². The van der Waals surface area contributed by atoms with E-state index in [9.17, 15) is 0 Å². The van der Waals surface area contributed by atoms with E-state index in [0.717, 1.165) is 32.1 Å². The zero-order valence-electron chi connectivity index (χ0n) is 11.5. The van der Waals surface area contributed by atoms with Gasteiger partial charge in [0, 0.05) is 32.3 Å². The SMILES string of the molecule is CNCC1(C(C)CCOC)CCOC1C1CC1. The quantitative estimate of drug-likeness (QED) is 0.740. The number of rotatable bonds is 7. The molecular formula is C14H27NO2. The predicted molar refractivity (Wildman–Crippen MR) is 69.1 cm³/mol. The van der Waals surface area contributed by atoms with Crippen LogP contribution in [0, 0.1) is 17.3 Å². The molecule has 1 heterocycles. The highest BCUT2D eigenvalue weighted by Gasteiger charge is 2.52. The molecule has 3 heteroatoms. The van der Waals surface area contributed by atoms with Gasteiger partial charge >= 0.3 is 0 Å². The van der Waals surface area contributed by atoms with E-state index in [2.05, 4.69) is 19.3 Å².